The van der Waals surface area contributed by atoms with Crippen LogP contribution in [0.1, 0.15) is 36.5 Å². The van der Waals surface area contributed by atoms with E-state index in [1.165, 1.54) is 12.3 Å². The van der Waals surface area contributed by atoms with Gasteiger partial charge in [-0.05, 0) is 30.7 Å². The van der Waals surface area contributed by atoms with Gasteiger partial charge in [0.2, 0.25) is 18.2 Å². The molecule has 10 nitrogen and oxygen atoms in total. The zero-order valence-corrected chi connectivity index (χ0v) is 19.5. The second-order valence-corrected chi connectivity index (χ2v) is 7.85. The fourth-order valence-corrected chi connectivity index (χ4v) is 3.34. The van der Waals surface area contributed by atoms with Gasteiger partial charge < -0.3 is 26.6 Å². The summed E-state index contributed by atoms with van der Waals surface area (Å²) in [6.45, 7) is 2.07. The predicted molar refractivity (Wildman–Crippen MR) is 127 cm³/mol. The summed E-state index contributed by atoms with van der Waals surface area (Å²) in [6.07, 6.45) is 3.11. The Balaban J connectivity index is 0.000000410. The zero-order valence-electron chi connectivity index (χ0n) is 19.5. The Morgan fingerprint density at radius 3 is 2.63 bits per heavy atom. The Hall–Kier alpha value is -3.67. The molecule has 3 rings (SSSR count). The van der Waals surface area contributed by atoms with Crippen LogP contribution in [-0.4, -0.2) is 72.7 Å². The maximum Gasteiger partial charge on any atom is 0.267 e. The molecule has 0 saturated carbocycles. The van der Waals surface area contributed by atoms with Crippen LogP contribution in [0.2, 0.25) is 0 Å². The first-order chi connectivity index (χ1) is 16.7. The predicted octanol–water partition coefficient (Wildman–Crippen LogP) is 1.26. The highest BCUT2D eigenvalue weighted by Gasteiger charge is 2.40. The van der Waals surface area contributed by atoms with Crippen LogP contribution in [0.4, 0.5) is 14.5 Å². The molecule has 0 aliphatic carbocycles. The minimum atomic E-state index is -2.87. The topological polar surface area (TPSA) is 147 Å². The van der Waals surface area contributed by atoms with Gasteiger partial charge in [-0.1, -0.05) is 6.92 Å². The van der Waals surface area contributed by atoms with Crippen LogP contribution >= 0.6 is 0 Å². The van der Waals surface area contributed by atoms with E-state index >= 15 is 0 Å². The molecule has 1 aromatic carbocycles. The first-order valence-corrected chi connectivity index (χ1v) is 11.2. The number of alkyl halides is 2. The number of likely N-dealkylation sites (tertiary alicyclic amines) is 1. The Morgan fingerprint density at radius 1 is 1.23 bits per heavy atom. The van der Waals surface area contributed by atoms with Crippen molar-refractivity contribution in [3.05, 3.63) is 36.0 Å². The first kappa shape index (κ1) is 27.6. The lowest BCUT2D eigenvalue weighted by molar-refractivity contribution is -0.130. The largest absolute Gasteiger partial charge is 0.355 e. The van der Waals surface area contributed by atoms with Gasteiger partial charge in [-0.15, -0.1) is 0 Å². The lowest BCUT2D eigenvalue weighted by Crippen LogP contribution is -2.40. The Morgan fingerprint density at radius 2 is 2.00 bits per heavy atom. The summed E-state index contributed by atoms with van der Waals surface area (Å²) in [5.74, 6) is -3.86. The number of carbonyl (C=O) groups excluding carboxylic acids is 4. The number of nitrogens with zero attached hydrogens (tertiary/aromatic N) is 2. The molecule has 0 atom stereocenters. The molecule has 1 aromatic heterocycles. The van der Waals surface area contributed by atoms with Crippen LogP contribution in [0.15, 0.2) is 30.5 Å². The third kappa shape index (κ3) is 8.56. The van der Waals surface area contributed by atoms with Crippen molar-refractivity contribution in [3.8, 4) is 0 Å². The monoisotopic (exact) mass is 492 g/mol. The van der Waals surface area contributed by atoms with Crippen LogP contribution in [0.25, 0.3) is 10.9 Å². The lowest BCUT2D eigenvalue weighted by Gasteiger charge is -2.16. The molecule has 12 heteroatoms. The maximum absolute atomic E-state index is 13.2. The van der Waals surface area contributed by atoms with Gasteiger partial charge in [0.25, 0.3) is 11.8 Å². The number of hydrogen-bond acceptors (Lipinski definition) is 6. The number of benzene rings is 1. The third-order valence-electron chi connectivity index (χ3n) is 5.08. The average Bonchev–Trinajstić information content (AvgIpc) is 3.21. The van der Waals surface area contributed by atoms with E-state index in [1.54, 1.807) is 18.2 Å². The molecular weight excluding hydrogens is 462 g/mol. The number of nitrogens with one attached hydrogen (secondary N) is 3. The van der Waals surface area contributed by atoms with Gasteiger partial charge in [-0.2, -0.15) is 0 Å². The number of halogens is 2. The van der Waals surface area contributed by atoms with Crippen molar-refractivity contribution in [2.24, 2.45) is 5.73 Å². The van der Waals surface area contributed by atoms with E-state index in [1.807, 2.05) is 6.92 Å². The van der Waals surface area contributed by atoms with Crippen LogP contribution < -0.4 is 21.7 Å². The molecule has 1 aliphatic rings. The molecule has 1 fully saturated rings. The summed E-state index contributed by atoms with van der Waals surface area (Å²) in [6, 6.07) is 6.36. The van der Waals surface area contributed by atoms with Crippen LogP contribution in [-0.2, 0) is 14.4 Å². The summed E-state index contributed by atoms with van der Waals surface area (Å²) < 4.78 is 26.3. The highest BCUT2D eigenvalue weighted by atomic mass is 19.3. The number of hydrogen-bond donors (Lipinski definition) is 4. The van der Waals surface area contributed by atoms with Gasteiger partial charge in [0.05, 0.1) is 24.2 Å². The van der Waals surface area contributed by atoms with E-state index in [2.05, 4.69) is 20.9 Å². The summed E-state index contributed by atoms with van der Waals surface area (Å²) >= 11 is 0. The van der Waals surface area contributed by atoms with Crippen molar-refractivity contribution in [3.63, 3.8) is 0 Å². The summed E-state index contributed by atoms with van der Waals surface area (Å²) in [4.78, 5) is 50.8. The fraction of sp³-hybridized carbons (Fsp3) is 0.435. The normalized spacial score (nSPS) is 14.0. The molecule has 5 N–H and O–H groups in total. The Labute approximate surface area is 201 Å². The standard InChI is InChI=1S/C17H16F2N4O3.C6H14N2O/c18-17(19)4-6-23(9-17)15(25)8-21-16(26)12-3-5-20-14-2-1-11(22-10-24)7-13(12)14;1-2-3-6(9)8-5-4-7/h1-3,5,7,10H,4,6,8-9H2,(H,21,26)(H,22,24);2-5,7H2,1H3,(H,8,9). The SMILES string of the molecule is CCCC(=O)NCCN.O=CNc1ccc2nccc(C(=O)NCC(=O)N3CCC(F)(F)C3)c2c1. The highest BCUT2D eigenvalue weighted by Crippen LogP contribution is 2.26. The van der Waals surface area contributed by atoms with Crippen molar-refractivity contribution in [1.82, 2.24) is 20.5 Å². The molecule has 0 radical (unpaired) electrons. The smallest absolute Gasteiger partial charge is 0.267 e. The van der Waals surface area contributed by atoms with E-state index in [4.69, 9.17) is 5.73 Å². The number of pyridine rings is 1. The van der Waals surface area contributed by atoms with Crippen molar-refractivity contribution in [2.45, 2.75) is 32.1 Å². The second-order valence-electron chi connectivity index (χ2n) is 7.85. The average molecular weight is 493 g/mol. The lowest BCUT2D eigenvalue weighted by atomic mass is 10.1. The quantitative estimate of drug-likeness (QED) is 0.388. The zero-order chi connectivity index (χ0) is 25.8. The molecular formula is C23H30F2N6O4. The van der Waals surface area contributed by atoms with Crippen LogP contribution in [0, 0.1) is 0 Å². The van der Waals surface area contributed by atoms with Crippen LogP contribution in [0.5, 0.6) is 0 Å². The maximum atomic E-state index is 13.2. The number of amides is 4. The molecule has 2 heterocycles. The highest BCUT2D eigenvalue weighted by molar-refractivity contribution is 6.07. The minimum Gasteiger partial charge on any atom is -0.355 e. The molecule has 1 aliphatic heterocycles. The van der Waals surface area contributed by atoms with Gasteiger partial charge in [-0.25, -0.2) is 8.78 Å². The summed E-state index contributed by atoms with van der Waals surface area (Å²) in [5.41, 5.74) is 6.46. The van der Waals surface area contributed by atoms with Crippen molar-refractivity contribution < 1.29 is 28.0 Å². The number of carbonyl (C=O) groups is 4. The number of anilines is 1. The minimum absolute atomic E-state index is 0.0272. The molecule has 190 valence electrons. The molecule has 2 aromatic rings. The van der Waals surface area contributed by atoms with Gasteiger partial charge in [0.1, 0.15) is 0 Å². The Kier molecular flexibility index (Phi) is 10.5. The van der Waals surface area contributed by atoms with Crippen molar-refractivity contribution >= 4 is 40.7 Å². The second kappa shape index (κ2) is 13.3. The molecule has 0 unspecified atom stereocenters. The fourth-order valence-electron chi connectivity index (χ4n) is 3.34. The van der Waals surface area contributed by atoms with E-state index in [-0.39, 0.29) is 31.0 Å². The van der Waals surface area contributed by atoms with Gasteiger partial charge in [-0.3, -0.25) is 24.2 Å². The van der Waals surface area contributed by atoms with Gasteiger partial charge >= 0.3 is 0 Å². The van der Waals surface area contributed by atoms with E-state index < -0.39 is 24.3 Å². The summed E-state index contributed by atoms with van der Waals surface area (Å²) in [7, 11) is 0. The van der Waals surface area contributed by atoms with E-state index in [0.717, 1.165) is 11.3 Å². The number of rotatable bonds is 9. The number of aromatic nitrogens is 1. The summed E-state index contributed by atoms with van der Waals surface area (Å²) in [5, 5.41) is 8.11. The Bertz CT molecular complexity index is 1050. The van der Waals surface area contributed by atoms with Gasteiger partial charge in [0, 0.05) is 49.7 Å². The molecule has 0 bridgehead atoms. The number of nitrogens with two attached hydrogens (primary N) is 1. The first-order valence-electron chi connectivity index (χ1n) is 11.2. The van der Waals surface area contributed by atoms with Crippen molar-refractivity contribution in [2.75, 3.05) is 38.0 Å². The van der Waals surface area contributed by atoms with Gasteiger partial charge in [0.15, 0.2) is 0 Å². The van der Waals surface area contributed by atoms with E-state index in [0.29, 0.717) is 42.5 Å². The molecule has 1 saturated heterocycles. The third-order valence-corrected chi connectivity index (χ3v) is 5.08. The van der Waals surface area contributed by atoms with Crippen LogP contribution in [0.3, 0.4) is 0 Å². The number of fused-ring (bicyclic) bond motifs is 1. The van der Waals surface area contributed by atoms with E-state index in [9.17, 15) is 28.0 Å². The molecule has 4 amide bonds. The molecule has 0 spiro atoms. The van der Waals surface area contributed by atoms with Crippen molar-refractivity contribution in [1.29, 1.82) is 0 Å². The molecule has 35 heavy (non-hydrogen) atoms.